The molecule has 1 aliphatic carbocycles. The highest BCUT2D eigenvalue weighted by Gasteiger charge is 2.35. The third-order valence-electron chi connectivity index (χ3n) is 7.72. The van der Waals surface area contributed by atoms with E-state index in [1.165, 1.54) is 7.11 Å². The van der Waals surface area contributed by atoms with E-state index in [-0.39, 0.29) is 30.0 Å². The van der Waals surface area contributed by atoms with Gasteiger partial charge in [0, 0.05) is 29.8 Å². The number of fused-ring (bicyclic) bond motifs is 3. The van der Waals surface area contributed by atoms with Gasteiger partial charge in [0.1, 0.15) is 5.82 Å². The second-order valence-corrected chi connectivity index (χ2v) is 10.5. The maximum atomic E-state index is 12.6. The molecule has 5 rings (SSSR count). The van der Waals surface area contributed by atoms with Crippen molar-refractivity contribution in [1.82, 2.24) is 19.3 Å². The van der Waals surface area contributed by atoms with Gasteiger partial charge in [0.15, 0.2) is 5.15 Å². The first-order valence-corrected chi connectivity index (χ1v) is 13.0. The molecule has 1 aliphatic heterocycles. The summed E-state index contributed by atoms with van der Waals surface area (Å²) < 4.78 is 9.16. The van der Waals surface area contributed by atoms with Crippen molar-refractivity contribution in [1.29, 1.82) is 0 Å². The van der Waals surface area contributed by atoms with Crippen molar-refractivity contribution in [3.8, 4) is 0 Å². The molecule has 0 spiro atoms. The normalized spacial score (nSPS) is 22.9. The third-order valence-corrected chi connectivity index (χ3v) is 7.93. The molecule has 0 radical (unpaired) electrons. The van der Waals surface area contributed by atoms with Gasteiger partial charge in [0.25, 0.3) is 0 Å². The van der Waals surface area contributed by atoms with Gasteiger partial charge in [-0.05, 0) is 57.2 Å². The number of halogens is 1. The van der Waals surface area contributed by atoms with Crippen molar-refractivity contribution in [2.75, 3.05) is 12.0 Å². The zero-order valence-corrected chi connectivity index (χ0v) is 21.6. The lowest BCUT2D eigenvalue weighted by Gasteiger charge is -2.34. The number of hydrogen-bond donors (Lipinski definition) is 1. The van der Waals surface area contributed by atoms with Crippen LogP contribution in [0.15, 0.2) is 24.4 Å². The summed E-state index contributed by atoms with van der Waals surface area (Å²) in [7, 11) is 1.40. The minimum absolute atomic E-state index is 0.00782. The molecule has 36 heavy (non-hydrogen) atoms. The lowest BCUT2D eigenvalue weighted by atomic mass is 9.85. The van der Waals surface area contributed by atoms with Gasteiger partial charge in [-0.1, -0.05) is 24.9 Å². The maximum Gasteiger partial charge on any atom is 0.414 e. The summed E-state index contributed by atoms with van der Waals surface area (Å²) in [6.07, 6.45) is 6.16. The number of amides is 1. The van der Waals surface area contributed by atoms with Gasteiger partial charge in [-0.3, -0.25) is 14.4 Å². The Bertz CT molecular complexity index is 1300. The summed E-state index contributed by atoms with van der Waals surface area (Å²) in [6, 6.07) is 5.85. The van der Waals surface area contributed by atoms with Crippen molar-refractivity contribution in [2.24, 2.45) is 5.92 Å². The van der Waals surface area contributed by atoms with Crippen LogP contribution in [0.4, 0.5) is 10.5 Å². The van der Waals surface area contributed by atoms with Crippen LogP contribution in [0.3, 0.4) is 0 Å². The first-order chi connectivity index (χ1) is 17.3. The van der Waals surface area contributed by atoms with Gasteiger partial charge in [-0.2, -0.15) is 5.10 Å². The fourth-order valence-corrected chi connectivity index (χ4v) is 6.10. The van der Waals surface area contributed by atoms with Crippen molar-refractivity contribution < 1.29 is 19.4 Å². The van der Waals surface area contributed by atoms with Crippen LogP contribution in [0.25, 0.3) is 11.0 Å². The minimum atomic E-state index is -0.731. The van der Waals surface area contributed by atoms with Crippen LogP contribution < -0.4 is 4.90 Å². The van der Waals surface area contributed by atoms with Gasteiger partial charge < -0.3 is 14.4 Å². The molecule has 0 bridgehead atoms. The zero-order chi connectivity index (χ0) is 25.6. The standard InChI is InChI=1S/C26H32ClN5O4/c1-15(14-30-12-11-22(27)29-30)24-28-23-19-8-7-16(2)31(26(35)36-3)20(19)9-10-21(23)32(24)18-6-4-5-17(13-18)25(33)34/h9-12,15-18H,4-8,13-14H2,1-3H3,(H,33,34)/t15?,16-,17?,18?/m0/s1. The molecule has 192 valence electrons. The summed E-state index contributed by atoms with van der Waals surface area (Å²) in [4.78, 5) is 31.4. The van der Waals surface area contributed by atoms with Crippen molar-refractivity contribution in [2.45, 2.75) is 76.9 Å². The largest absolute Gasteiger partial charge is 0.481 e. The Hall–Kier alpha value is -3.07. The van der Waals surface area contributed by atoms with E-state index in [1.807, 2.05) is 29.9 Å². The highest BCUT2D eigenvalue weighted by molar-refractivity contribution is 6.29. The van der Waals surface area contributed by atoms with E-state index < -0.39 is 5.97 Å². The zero-order valence-electron chi connectivity index (χ0n) is 20.9. The number of carbonyl (C=O) groups is 2. The number of rotatable bonds is 5. The Morgan fingerprint density at radius 2 is 2.06 bits per heavy atom. The molecule has 3 heterocycles. The third kappa shape index (κ3) is 4.34. The molecule has 1 amide bonds. The van der Waals surface area contributed by atoms with Crippen molar-refractivity contribution in [3.05, 3.63) is 40.9 Å². The number of ether oxygens (including phenoxy) is 1. The minimum Gasteiger partial charge on any atom is -0.481 e. The van der Waals surface area contributed by atoms with E-state index in [0.29, 0.717) is 24.5 Å². The van der Waals surface area contributed by atoms with Crippen LogP contribution in [-0.2, 0) is 22.5 Å². The molecule has 3 unspecified atom stereocenters. The quantitative estimate of drug-likeness (QED) is 0.489. The Morgan fingerprint density at radius 3 is 2.75 bits per heavy atom. The van der Waals surface area contributed by atoms with Crippen LogP contribution >= 0.6 is 11.6 Å². The van der Waals surface area contributed by atoms with E-state index in [4.69, 9.17) is 21.3 Å². The highest BCUT2D eigenvalue weighted by Crippen LogP contribution is 2.41. The van der Waals surface area contributed by atoms with Crippen molar-refractivity contribution >= 4 is 40.4 Å². The maximum absolute atomic E-state index is 12.6. The number of imidazole rings is 1. The fraction of sp³-hybridized carbons (Fsp3) is 0.538. The number of methoxy groups -OCH3 is 1. The number of carboxylic acid groups (broad SMARTS) is 1. The van der Waals surface area contributed by atoms with Gasteiger partial charge in [-0.25, -0.2) is 9.78 Å². The first-order valence-electron chi connectivity index (χ1n) is 12.6. The van der Waals surface area contributed by atoms with E-state index in [1.54, 1.807) is 11.0 Å². The van der Waals surface area contributed by atoms with E-state index >= 15 is 0 Å². The SMILES string of the molecule is COC(=O)N1c2ccc3c(nc(C(C)Cn4ccc(Cl)n4)n3C3CCCC(C(=O)O)C3)c2CC[C@@H]1C. The van der Waals surface area contributed by atoms with Gasteiger partial charge in [-0.15, -0.1) is 0 Å². The first kappa shape index (κ1) is 24.6. The van der Waals surface area contributed by atoms with Crippen LogP contribution in [0.5, 0.6) is 0 Å². The summed E-state index contributed by atoms with van der Waals surface area (Å²) in [5.74, 6) is -0.176. The predicted molar refractivity (Wildman–Crippen MR) is 137 cm³/mol. The Balaban J connectivity index is 1.64. The lowest BCUT2D eigenvalue weighted by Crippen LogP contribution is -2.42. The lowest BCUT2D eigenvalue weighted by molar-refractivity contribution is -0.143. The average Bonchev–Trinajstić information content (AvgIpc) is 3.46. The molecule has 2 aromatic heterocycles. The number of aromatic nitrogens is 4. The number of carboxylic acids is 1. The number of anilines is 1. The summed E-state index contributed by atoms with van der Waals surface area (Å²) in [6.45, 7) is 4.73. The van der Waals surface area contributed by atoms with E-state index in [9.17, 15) is 14.7 Å². The van der Waals surface area contributed by atoms with Crippen LogP contribution in [0.2, 0.25) is 5.15 Å². The molecule has 10 heteroatoms. The van der Waals surface area contributed by atoms with Crippen molar-refractivity contribution in [3.63, 3.8) is 0 Å². The molecule has 1 fully saturated rings. The van der Waals surface area contributed by atoms with E-state index in [2.05, 4.69) is 16.6 Å². The number of hydrogen-bond acceptors (Lipinski definition) is 5. The number of benzene rings is 1. The molecule has 0 saturated heterocycles. The molecule has 1 saturated carbocycles. The fourth-order valence-electron chi connectivity index (χ4n) is 5.95. The van der Waals surface area contributed by atoms with E-state index in [0.717, 1.165) is 53.8 Å². The summed E-state index contributed by atoms with van der Waals surface area (Å²) >= 11 is 6.04. The number of aryl methyl sites for hydroxylation is 1. The van der Waals surface area contributed by atoms with Gasteiger partial charge in [0.05, 0.1) is 36.3 Å². The molecular weight excluding hydrogens is 482 g/mol. The van der Waals surface area contributed by atoms with Crippen LogP contribution in [0.1, 0.15) is 69.3 Å². The smallest absolute Gasteiger partial charge is 0.414 e. The molecule has 1 N–H and O–H groups in total. The Kier molecular flexibility index (Phi) is 6.68. The number of carbonyl (C=O) groups excluding carboxylic acids is 1. The monoisotopic (exact) mass is 513 g/mol. The predicted octanol–water partition coefficient (Wildman–Crippen LogP) is 5.41. The molecule has 4 atom stereocenters. The highest BCUT2D eigenvalue weighted by atomic mass is 35.5. The number of nitrogens with zero attached hydrogens (tertiary/aromatic N) is 5. The second kappa shape index (κ2) is 9.76. The van der Waals surface area contributed by atoms with Gasteiger partial charge >= 0.3 is 12.1 Å². The topological polar surface area (TPSA) is 102 Å². The Morgan fingerprint density at radius 1 is 1.25 bits per heavy atom. The Labute approximate surface area is 215 Å². The molecule has 1 aromatic carbocycles. The van der Waals surface area contributed by atoms with Crippen LogP contribution in [-0.4, -0.2) is 49.7 Å². The summed E-state index contributed by atoms with van der Waals surface area (Å²) in [5.41, 5.74) is 3.74. The van der Waals surface area contributed by atoms with Gasteiger partial charge in [0.2, 0.25) is 0 Å². The second-order valence-electron chi connectivity index (χ2n) is 10.1. The molecule has 3 aromatic rings. The average molecular weight is 514 g/mol. The number of aliphatic carboxylic acids is 1. The molecule has 2 aliphatic rings. The molecule has 9 nitrogen and oxygen atoms in total. The van der Waals surface area contributed by atoms with Crippen LogP contribution in [0, 0.1) is 5.92 Å². The summed E-state index contributed by atoms with van der Waals surface area (Å²) in [5, 5.41) is 14.5. The molecular formula is C26H32ClN5O4.